The molecule has 0 aromatic rings. The van der Waals surface area contributed by atoms with Gasteiger partial charge in [0.2, 0.25) is 5.91 Å². The lowest BCUT2D eigenvalue weighted by Gasteiger charge is -2.39. The molecule has 102 valence electrons. The molecule has 4 N–H and O–H groups in total. The molecule has 18 heavy (non-hydrogen) atoms. The van der Waals surface area contributed by atoms with Crippen molar-refractivity contribution in [3.05, 3.63) is 0 Å². The highest BCUT2D eigenvalue weighted by Gasteiger charge is 2.48. The molecule has 1 amide bonds. The molecule has 1 aliphatic heterocycles. The number of nitrogens with two attached hydrogens (primary N) is 1. The minimum Gasteiger partial charge on any atom is -0.409 e. The maximum atomic E-state index is 12.2. The van der Waals surface area contributed by atoms with Gasteiger partial charge in [-0.15, -0.1) is 0 Å². The van der Waals surface area contributed by atoms with Crippen molar-refractivity contribution in [2.24, 2.45) is 22.2 Å². The number of nitrogens with one attached hydrogen (secondary N) is 1. The highest BCUT2D eigenvalue weighted by molar-refractivity contribution is 7.99. The third-order valence-corrected chi connectivity index (χ3v) is 5.18. The molecule has 1 saturated carbocycles. The van der Waals surface area contributed by atoms with Crippen LogP contribution in [0.5, 0.6) is 0 Å². The van der Waals surface area contributed by atoms with E-state index in [-0.39, 0.29) is 11.7 Å². The zero-order chi connectivity index (χ0) is 13.0. The number of amidine groups is 1. The van der Waals surface area contributed by atoms with E-state index in [1.807, 2.05) is 11.8 Å². The average molecular weight is 271 g/mol. The maximum Gasteiger partial charge on any atom is 0.233 e. The van der Waals surface area contributed by atoms with Crippen molar-refractivity contribution in [1.82, 2.24) is 5.32 Å². The van der Waals surface area contributed by atoms with Crippen LogP contribution in [0.4, 0.5) is 0 Å². The minimum atomic E-state index is -0.738. The quantitative estimate of drug-likeness (QED) is 0.310. The molecule has 0 radical (unpaired) electrons. The first-order valence-corrected chi connectivity index (χ1v) is 7.68. The van der Waals surface area contributed by atoms with E-state index in [2.05, 4.69) is 10.5 Å². The van der Waals surface area contributed by atoms with Crippen molar-refractivity contribution in [2.45, 2.75) is 32.1 Å². The minimum absolute atomic E-state index is 0.0606. The van der Waals surface area contributed by atoms with Crippen LogP contribution in [-0.2, 0) is 4.79 Å². The molecule has 1 aliphatic carbocycles. The lowest BCUT2D eigenvalue weighted by molar-refractivity contribution is -0.131. The summed E-state index contributed by atoms with van der Waals surface area (Å²) < 4.78 is 0. The first-order chi connectivity index (χ1) is 8.69. The normalized spacial score (nSPS) is 24.3. The third kappa shape index (κ3) is 2.58. The molecule has 1 saturated heterocycles. The molecule has 0 bridgehead atoms. The predicted molar refractivity (Wildman–Crippen MR) is 72.8 cm³/mol. The van der Waals surface area contributed by atoms with Crippen molar-refractivity contribution in [1.29, 1.82) is 0 Å². The highest BCUT2D eigenvalue weighted by atomic mass is 32.2. The first-order valence-electron chi connectivity index (χ1n) is 6.53. The van der Waals surface area contributed by atoms with Crippen LogP contribution in [-0.4, -0.2) is 35.0 Å². The summed E-state index contributed by atoms with van der Waals surface area (Å²) in [5, 5.41) is 14.8. The Balaban J connectivity index is 1.86. The lowest BCUT2D eigenvalue weighted by Crippen LogP contribution is -2.54. The lowest BCUT2D eigenvalue weighted by atomic mass is 9.67. The van der Waals surface area contributed by atoms with Crippen molar-refractivity contribution < 1.29 is 10.0 Å². The Morgan fingerprint density at radius 1 is 1.44 bits per heavy atom. The molecule has 2 aliphatic rings. The van der Waals surface area contributed by atoms with Crippen LogP contribution in [0.25, 0.3) is 0 Å². The summed E-state index contributed by atoms with van der Waals surface area (Å²) in [4.78, 5) is 12.2. The molecule has 0 unspecified atom stereocenters. The molecule has 5 nitrogen and oxygen atoms in total. The van der Waals surface area contributed by atoms with E-state index in [0.717, 1.165) is 13.0 Å². The van der Waals surface area contributed by atoms with E-state index in [0.29, 0.717) is 18.8 Å². The second-order valence-electron chi connectivity index (χ2n) is 5.19. The van der Waals surface area contributed by atoms with Gasteiger partial charge in [0, 0.05) is 6.54 Å². The fourth-order valence-electron chi connectivity index (χ4n) is 2.58. The van der Waals surface area contributed by atoms with E-state index in [1.165, 1.54) is 24.3 Å². The third-order valence-electron chi connectivity index (χ3n) is 4.13. The number of carbonyl (C=O) groups excluding carboxylic acids is 1. The second-order valence-corrected chi connectivity index (χ2v) is 6.41. The number of carbonyl (C=O) groups is 1. The van der Waals surface area contributed by atoms with Crippen molar-refractivity contribution in [2.75, 3.05) is 18.1 Å². The summed E-state index contributed by atoms with van der Waals surface area (Å²) in [6.45, 7) is 0.722. The van der Waals surface area contributed by atoms with Crippen LogP contribution in [0.2, 0.25) is 0 Å². The molecule has 2 fully saturated rings. The molecule has 6 heteroatoms. The van der Waals surface area contributed by atoms with Gasteiger partial charge in [-0.2, -0.15) is 11.8 Å². The molecule has 0 aromatic carbocycles. The molecular formula is C12H21N3O2S. The first kappa shape index (κ1) is 13.5. The van der Waals surface area contributed by atoms with Gasteiger partial charge in [0.05, 0.1) is 0 Å². The highest BCUT2D eigenvalue weighted by Crippen LogP contribution is 2.41. The Morgan fingerprint density at radius 3 is 2.61 bits per heavy atom. The van der Waals surface area contributed by atoms with Crippen LogP contribution < -0.4 is 11.1 Å². The van der Waals surface area contributed by atoms with Gasteiger partial charge in [0.15, 0.2) is 5.84 Å². The van der Waals surface area contributed by atoms with Crippen molar-refractivity contribution in [3.63, 3.8) is 0 Å². The summed E-state index contributed by atoms with van der Waals surface area (Å²) in [6.07, 6.45) is 4.68. The van der Waals surface area contributed by atoms with E-state index in [9.17, 15) is 4.79 Å². The fourth-order valence-corrected chi connectivity index (χ4v) is 3.79. The van der Waals surface area contributed by atoms with Crippen LogP contribution in [0.15, 0.2) is 5.16 Å². The van der Waals surface area contributed by atoms with E-state index < -0.39 is 5.41 Å². The Bertz CT molecular complexity index is 336. The number of rotatable bonds is 4. The van der Waals surface area contributed by atoms with Crippen molar-refractivity contribution in [3.8, 4) is 0 Å². The van der Waals surface area contributed by atoms with Crippen LogP contribution >= 0.6 is 11.8 Å². The summed E-state index contributed by atoms with van der Waals surface area (Å²) in [5.74, 6) is 2.95. The second kappa shape index (κ2) is 5.82. The van der Waals surface area contributed by atoms with Gasteiger partial charge in [-0.1, -0.05) is 11.6 Å². The molecular weight excluding hydrogens is 250 g/mol. The Kier molecular flexibility index (Phi) is 4.37. The van der Waals surface area contributed by atoms with Crippen LogP contribution in [0.1, 0.15) is 32.1 Å². The number of thioether (sulfide) groups is 1. The Labute approximate surface area is 112 Å². The number of hydrogen-bond donors (Lipinski definition) is 3. The van der Waals surface area contributed by atoms with Gasteiger partial charge in [0.1, 0.15) is 5.41 Å². The summed E-state index contributed by atoms with van der Waals surface area (Å²) in [7, 11) is 0. The fraction of sp³-hybridized carbons (Fsp3) is 0.833. The molecule has 1 heterocycles. The van der Waals surface area contributed by atoms with Gasteiger partial charge in [-0.3, -0.25) is 4.79 Å². The number of hydrogen-bond acceptors (Lipinski definition) is 4. The monoisotopic (exact) mass is 271 g/mol. The molecule has 2 rings (SSSR count). The smallest absolute Gasteiger partial charge is 0.233 e. The SMILES string of the molecule is NC(=NO)C1(C(=O)NCC2CCSCC2)CCC1. The largest absolute Gasteiger partial charge is 0.409 e. The number of amides is 1. The van der Waals surface area contributed by atoms with Crippen LogP contribution in [0.3, 0.4) is 0 Å². The average Bonchev–Trinajstić information content (AvgIpc) is 2.36. The topological polar surface area (TPSA) is 87.7 Å². The van der Waals surface area contributed by atoms with Gasteiger partial charge < -0.3 is 16.3 Å². The zero-order valence-corrected chi connectivity index (χ0v) is 11.3. The predicted octanol–water partition coefficient (Wildman–Crippen LogP) is 1.16. The van der Waals surface area contributed by atoms with E-state index in [1.54, 1.807) is 0 Å². The standard InChI is InChI=1S/C12H21N3O2S/c13-10(15-17)12(4-1-5-12)11(16)14-8-9-2-6-18-7-3-9/h9,17H,1-8H2,(H2,13,15)(H,14,16). The summed E-state index contributed by atoms with van der Waals surface area (Å²) in [5.41, 5.74) is 4.92. The van der Waals surface area contributed by atoms with Crippen LogP contribution in [0, 0.1) is 11.3 Å². The number of oxime groups is 1. The number of nitrogens with zero attached hydrogens (tertiary/aromatic N) is 1. The molecule has 0 spiro atoms. The molecule has 0 atom stereocenters. The van der Waals surface area contributed by atoms with E-state index >= 15 is 0 Å². The Hall–Kier alpha value is -0.910. The maximum absolute atomic E-state index is 12.2. The molecule has 0 aromatic heterocycles. The van der Waals surface area contributed by atoms with Crippen molar-refractivity contribution >= 4 is 23.5 Å². The van der Waals surface area contributed by atoms with Gasteiger partial charge in [-0.25, -0.2) is 0 Å². The summed E-state index contributed by atoms with van der Waals surface area (Å²) in [6, 6.07) is 0. The zero-order valence-electron chi connectivity index (χ0n) is 10.5. The van der Waals surface area contributed by atoms with E-state index in [4.69, 9.17) is 10.9 Å². The van der Waals surface area contributed by atoms with Gasteiger partial charge in [-0.05, 0) is 43.1 Å². The Morgan fingerprint density at radius 2 is 2.11 bits per heavy atom. The van der Waals surface area contributed by atoms with Gasteiger partial charge >= 0.3 is 0 Å². The van der Waals surface area contributed by atoms with Gasteiger partial charge in [0.25, 0.3) is 0 Å². The summed E-state index contributed by atoms with van der Waals surface area (Å²) >= 11 is 1.98.